The Labute approximate surface area is 103 Å². The molecule has 0 saturated heterocycles. The topological polar surface area (TPSA) is 92.9 Å². The maximum Gasteiger partial charge on any atom is 0.325 e. The van der Waals surface area contributed by atoms with E-state index in [9.17, 15) is 9.90 Å². The lowest BCUT2D eigenvalue weighted by atomic mass is 10.1. The van der Waals surface area contributed by atoms with Gasteiger partial charge < -0.3 is 5.11 Å². The number of hydrogen-bond acceptors (Lipinski definition) is 5. The molecule has 0 aliphatic carbocycles. The molecule has 0 aliphatic rings. The summed E-state index contributed by atoms with van der Waals surface area (Å²) in [6, 6.07) is 8.18. The Hall–Kier alpha value is -2.28. The number of carbonyl (C=O) groups is 1. The maximum atomic E-state index is 11.2. The number of carboxylic acid groups (broad SMARTS) is 1. The summed E-state index contributed by atoms with van der Waals surface area (Å²) in [4.78, 5) is 12.5. The Morgan fingerprint density at radius 1 is 1.44 bits per heavy atom. The lowest BCUT2D eigenvalue weighted by Gasteiger charge is -2.13. The fraction of sp³-hybridized carbons (Fsp3) is 0.273. The van der Waals surface area contributed by atoms with Crippen LogP contribution in [0.15, 0.2) is 30.3 Å². The summed E-state index contributed by atoms with van der Waals surface area (Å²) < 4.78 is 0. The summed E-state index contributed by atoms with van der Waals surface area (Å²) in [5, 5.41) is 23.5. The van der Waals surface area contributed by atoms with E-state index in [1.807, 2.05) is 6.07 Å². The third kappa shape index (κ3) is 2.89. The van der Waals surface area contributed by atoms with Crippen molar-refractivity contribution in [1.82, 2.24) is 25.5 Å². The molecule has 1 aromatic heterocycles. The molecule has 0 aliphatic heterocycles. The van der Waals surface area contributed by atoms with E-state index in [4.69, 9.17) is 0 Å². The van der Waals surface area contributed by atoms with E-state index in [1.54, 1.807) is 31.3 Å². The van der Waals surface area contributed by atoms with Crippen molar-refractivity contribution in [3.8, 4) is 0 Å². The van der Waals surface area contributed by atoms with Crippen LogP contribution in [-0.2, 0) is 18.4 Å². The molecule has 1 unspecified atom stereocenters. The van der Waals surface area contributed by atoms with Crippen LogP contribution in [-0.4, -0.2) is 31.3 Å². The molecule has 94 valence electrons. The molecule has 0 fully saturated rings. The van der Waals surface area contributed by atoms with Gasteiger partial charge in [0, 0.05) is 0 Å². The second-order valence-corrected chi connectivity index (χ2v) is 3.76. The van der Waals surface area contributed by atoms with Crippen molar-refractivity contribution in [1.29, 1.82) is 0 Å². The second kappa shape index (κ2) is 5.37. The maximum absolute atomic E-state index is 11.2. The minimum Gasteiger partial charge on any atom is -0.480 e. The van der Waals surface area contributed by atoms with Gasteiger partial charge in [0.05, 0.1) is 13.6 Å². The molecule has 0 bridgehead atoms. The van der Waals surface area contributed by atoms with E-state index in [-0.39, 0.29) is 6.54 Å². The van der Waals surface area contributed by atoms with Crippen LogP contribution < -0.4 is 5.32 Å². The Bertz CT molecular complexity index is 525. The fourth-order valence-electron chi connectivity index (χ4n) is 1.58. The highest BCUT2D eigenvalue weighted by atomic mass is 16.4. The zero-order valence-electron chi connectivity index (χ0n) is 9.82. The van der Waals surface area contributed by atoms with Crippen LogP contribution in [0.1, 0.15) is 17.4 Å². The number of aliphatic carboxylic acids is 1. The number of nitrogens with zero attached hydrogens (tertiary/aromatic N) is 4. The molecule has 2 rings (SSSR count). The largest absolute Gasteiger partial charge is 0.480 e. The molecule has 2 aromatic rings. The highest BCUT2D eigenvalue weighted by Gasteiger charge is 2.19. The van der Waals surface area contributed by atoms with Crippen molar-refractivity contribution in [2.45, 2.75) is 12.6 Å². The molecule has 0 amide bonds. The van der Waals surface area contributed by atoms with Crippen molar-refractivity contribution in [3.05, 3.63) is 41.7 Å². The van der Waals surface area contributed by atoms with Gasteiger partial charge in [-0.1, -0.05) is 30.3 Å². The SMILES string of the molecule is Cn1nnc(CNC(C(=O)O)c2ccccc2)n1. The number of aromatic nitrogens is 4. The first-order valence-electron chi connectivity index (χ1n) is 5.41. The molecule has 7 heteroatoms. The van der Waals surface area contributed by atoms with Crippen LogP contribution in [0.4, 0.5) is 0 Å². The number of aryl methyl sites for hydroxylation is 1. The molecule has 1 aromatic carbocycles. The highest BCUT2D eigenvalue weighted by Crippen LogP contribution is 2.12. The van der Waals surface area contributed by atoms with E-state index in [2.05, 4.69) is 20.7 Å². The van der Waals surface area contributed by atoms with Crippen LogP contribution in [0, 0.1) is 0 Å². The fourth-order valence-corrected chi connectivity index (χ4v) is 1.58. The molecule has 1 atom stereocenters. The van der Waals surface area contributed by atoms with Crippen LogP contribution in [0.3, 0.4) is 0 Å². The predicted molar refractivity (Wildman–Crippen MR) is 62.5 cm³/mol. The number of tetrazole rings is 1. The van der Waals surface area contributed by atoms with Gasteiger partial charge in [0.1, 0.15) is 6.04 Å². The van der Waals surface area contributed by atoms with Crippen molar-refractivity contribution in [2.24, 2.45) is 7.05 Å². The number of nitrogens with one attached hydrogen (secondary N) is 1. The minimum atomic E-state index is -0.940. The van der Waals surface area contributed by atoms with E-state index < -0.39 is 12.0 Å². The van der Waals surface area contributed by atoms with Crippen molar-refractivity contribution in [3.63, 3.8) is 0 Å². The first kappa shape index (κ1) is 12.2. The normalized spacial score (nSPS) is 12.3. The summed E-state index contributed by atoms with van der Waals surface area (Å²) in [5.41, 5.74) is 0.689. The van der Waals surface area contributed by atoms with Crippen molar-refractivity contribution >= 4 is 5.97 Å². The van der Waals surface area contributed by atoms with Gasteiger partial charge >= 0.3 is 5.97 Å². The molecule has 7 nitrogen and oxygen atoms in total. The summed E-state index contributed by atoms with van der Waals surface area (Å²) in [7, 11) is 1.66. The second-order valence-electron chi connectivity index (χ2n) is 3.76. The predicted octanol–water partition coefficient (Wildman–Crippen LogP) is 0.126. The standard InChI is InChI=1S/C11H13N5O2/c1-16-14-9(13-15-16)7-12-10(11(17)18)8-5-3-2-4-6-8/h2-6,10,12H,7H2,1H3,(H,17,18). The minimum absolute atomic E-state index is 0.250. The van der Waals surface area contributed by atoms with Gasteiger partial charge in [0.2, 0.25) is 0 Å². The van der Waals surface area contributed by atoms with Crippen molar-refractivity contribution < 1.29 is 9.90 Å². The quantitative estimate of drug-likeness (QED) is 0.779. The van der Waals surface area contributed by atoms with Gasteiger partial charge in [-0.2, -0.15) is 4.80 Å². The molecule has 0 radical (unpaired) electrons. The van der Waals surface area contributed by atoms with Crippen LogP contribution in [0.25, 0.3) is 0 Å². The molecule has 18 heavy (non-hydrogen) atoms. The van der Waals surface area contributed by atoms with E-state index in [1.165, 1.54) is 4.80 Å². The molecule has 0 spiro atoms. The smallest absolute Gasteiger partial charge is 0.325 e. The first-order chi connectivity index (χ1) is 8.66. The lowest BCUT2D eigenvalue weighted by Crippen LogP contribution is -2.28. The summed E-state index contributed by atoms with van der Waals surface area (Å²) >= 11 is 0. The van der Waals surface area contributed by atoms with Crippen molar-refractivity contribution in [2.75, 3.05) is 0 Å². The van der Waals surface area contributed by atoms with Gasteiger partial charge in [-0.15, -0.1) is 10.2 Å². The first-order valence-corrected chi connectivity index (χ1v) is 5.41. The monoisotopic (exact) mass is 247 g/mol. The summed E-state index contributed by atoms with van der Waals surface area (Å²) in [6.45, 7) is 0.250. The number of hydrogen-bond donors (Lipinski definition) is 2. The third-order valence-corrected chi connectivity index (χ3v) is 2.39. The molecule has 1 heterocycles. The Kier molecular flexibility index (Phi) is 3.63. The van der Waals surface area contributed by atoms with Crippen LogP contribution in [0.2, 0.25) is 0 Å². The zero-order chi connectivity index (χ0) is 13.0. The van der Waals surface area contributed by atoms with E-state index in [0.29, 0.717) is 11.4 Å². The van der Waals surface area contributed by atoms with Gasteiger partial charge in [-0.25, -0.2) is 0 Å². The van der Waals surface area contributed by atoms with Crippen LogP contribution >= 0.6 is 0 Å². The number of carboxylic acids is 1. The summed E-state index contributed by atoms with van der Waals surface area (Å²) in [6.07, 6.45) is 0. The molecule has 0 saturated carbocycles. The summed E-state index contributed by atoms with van der Waals surface area (Å²) in [5.74, 6) is -0.482. The Morgan fingerprint density at radius 2 is 2.17 bits per heavy atom. The number of rotatable bonds is 5. The van der Waals surface area contributed by atoms with Gasteiger partial charge in [-0.3, -0.25) is 10.1 Å². The lowest BCUT2D eigenvalue weighted by molar-refractivity contribution is -0.139. The zero-order valence-corrected chi connectivity index (χ0v) is 9.82. The van der Waals surface area contributed by atoms with E-state index in [0.717, 1.165) is 0 Å². The Morgan fingerprint density at radius 3 is 2.72 bits per heavy atom. The molecule has 2 N–H and O–H groups in total. The third-order valence-electron chi connectivity index (χ3n) is 2.39. The van der Waals surface area contributed by atoms with E-state index >= 15 is 0 Å². The Balaban J connectivity index is 2.06. The van der Waals surface area contributed by atoms with Gasteiger partial charge in [0.25, 0.3) is 0 Å². The van der Waals surface area contributed by atoms with Gasteiger partial charge in [-0.05, 0) is 10.8 Å². The molecular formula is C11H13N5O2. The average molecular weight is 247 g/mol. The molecular weight excluding hydrogens is 234 g/mol. The van der Waals surface area contributed by atoms with Gasteiger partial charge in [0.15, 0.2) is 5.82 Å². The highest BCUT2D eigenvalue weighted by molar-refractivity contribution is 5.75. The number of benzene rings is 1. The van der Waals surface area contributed by atoms with Crippen LogP contribution in [0.5, 0.6) is 0 Å². The average Bonchev–Trinajstić information content (AvgIpc) is 2.76.